The van der Waals surface area contributed by atoms with Gasteiger partial charge in [-0.2, -0.15) is 0 Å². The zero-order chi connectivity index (χ0) is 18.8. The molecule has 0 radical (unpaired) electrons. The molecular formula is C20H21FN2O3. The summed E-state index contributed by atoms with van der Waals surface area (Å²) in [7, 11) is 0. The number of hydrogen-bond acceptors (Lipinski definition) is 3. The number of ketones is 1. The molecule has 1 aromatic heterocycles. The fourth-order valence-corrected chi connectivity index (χ4v) is 3.35. The average Bonchev–Trinajstić information content (AvgIpc) is 3.08. The van der Waals surface area contributed by atoms with Crippen LogP contribution in [0.3, 0.4) is 0 Å². The van der Waals surface area contributed by atoms with Crippen molar-refractivity contribution in [3.8, 4) is 0 Å². The highest BCUT2D eigenvalue weighted by molar-refractivity contribution is 6.08. The van der Waals surface area contributed by atoms with Gasteiger partial charge in [0, 0.05) is 36.3 Å². The lowest BCUT2D eigenvalue weighted by molar-refractivity contribution is -0.137. The van der Waals surface area contributed by atoms with Gasteiger partial charge in [-0.05, 0) is 44.0 Å². The molecule has 0 unspecified atom stereocenters. The minimum absolute atomic E-state index is 0.183. The van der Waals surface area contributed by atoms with Gasteiger partial charge < -0.3 is 4.57 Å². The number of nitrogens with zero attached hydrogens (tertiary/aromatic N) is 2. The average molecular weight is 356 g/mol. The van der Waals surface area contributed by atoms with Gasteiger partial charge in [-0.15, -0.1) is 0 Å². The quantitative estimate of drug-likeness (QED) is 0.591. The highest BCUT2D eigenvalue weighted by Crippen LogP contribution is 2.19. The van der Waals surface area contributed by atoms with E-state index in [2.05, 4.69) is 0 Å². The maximum Gasteiger partial charge on any atom is 0.230 e. The lowest BCUT2D eigenvalue weighted by Crippen LogP contribution is -2.34. The van der Waals surface area contributed by atoms with E-state index in [1.807, 2.05) is 18.4 Å². The third-order valence-electron chi connectivity index (χ3n) is 4.87. The molecule has 2 heterocycles. The Labute approximate surface area is 151 Å². The van der Waals surface area contributed by atoms with Crippen LogP contribution in [-0.4, -0.2) is 33.6 Å². The van der Waals surface area contributed by atoms with E-state index in [1.165, 1.54) is 12.1 Å². The third kappa shape index (κ3) is 3.59. The Bertz CT molecular complexity index is 852. The first-order valence-corrected chi connectivity index (χ1v) is 8.64. The standard InChI is InChI=1S/C20H21FN2O3/c1-13-11-17(18(24)12-23-19(25)7-8-20(23)26)14(2)22(13)10-9-15-3-5-16(21)6-4-15/h3-6,11H,7-10,12H2,1-2H3. The van der Waals surface area contributed by atoms with Gasteiger partial charge in [0.15, 0.2) is 5.78 Å². The monoisotopic (exact) mass is 356 g/mol. The van der Waals surface area contributed by atoms with Crippen LogP contribution in [0.4, 0.5) is 4.39 Å². The summed E-state index contributed by atoms with van der Waals surface area (Å²) >= 11 is 0. The van der Waals surface area contributed by atoms with Crippen molar-refractivity contribution in [3.05, 3.63) is 58.7 Å². The number of carbonyl (C=O) groups excluding carboxylic acids is 3. The normalized spacial score (nSPS) is 14.3. The fraction of sp³-hybridized carbons (Fsp3) is 0.350. The van der Waals surface area contributed by atoms with Crippen LogP contribution >= 0.6 is 0 Å². The van der Waals surface area contributed by atoms with Gasteiger partial charge in [-0.25, -0.2) is 4.39 Å². The van der Waals surface area contributed by atoms with Gasteiger partial charge in [-0.1, -0.05) is 12.1 Å². The molecule has 5 nitrogen and oxygen atoms in total. The molecule has 0 bridgehead atoms. The van der Waals surface area contributed by atoms with Crippen molar-refractivity contribution < 1.29 is 18.8 Å². The van der Waals surface area contributed by atoms with Crippen LogP contribution in [0.1, 0.15) is 40.2 Å². The van der Waals surface area contributed by atoms with E-state index in [1.54, 1.807) is 18.2 Å². The molecule has 2 amide bonds. The molecular weight excluding hydrogens is 335 g/mol. The largest absolute Gasteiger partial charge is 0.348 e. The molecule has 0 aliphatic carbocycles. The second-order valence-corrected chi connectivity index (χ2v) is 6.61. The minimum Gasteiger partial charge on any atom is -0.348 e. The summed E-state index contributed by atoms with van der Waals surface area (Å²) in [5.74, 6) is -1.06. The number of likely N-dealkylation sites (tertiary alicyclic amines) is 1. The molecule has 136 valence electrons. The van der Waals surface area contributed by atoms with Gasteiger partial charge in [0.05, 0.1) is 6.54 Å². The Morgan fingerprint density at radius 2 is 1.69 bits per heavy atom. The summed E-state index contributed by atoms with van der Waals surface area (Å²) in [6.07, 6.45) is 1.08. The van der Waals surface area contributed by atoms with Crippen LogP contribution in [0.15, 0.2) is 30.3 Å². The number of rotatable bonds is 6. The molecule has 0 N–H and O–H groups in total. The fourth-order valence-electron chi connectivity index (χ4n) is 3.35. The number of amides is 2. The minimum atomic E-state index is -0.284. The molecule has 2 aromatic rings. The molecule has 26 heavy (non-hydrogen) atoms. The van der Waals surface area contributed by atoms with Crippen molar-refractivity contribution in [2.24, 2.45) is 0 Å². The van der Waals surface area contributed by atoms with Crippen LogP contribution in [0.25, 0.3) is 0 Å². The number of Topliss-reactive ketones (excluding diaryl/α,β-unsaturated/α-hetero) is 1. The lowest BCUT2D eigenvalue weighted by Gasteiger charge is -2.13. The highest BCUT2D eigenvalue weighted by Gasteiger charge is 2.31. The van der Waals surface area contributed by atoms with Gasteiger partial charge in [0.2, 0.25) is 11.8 Å². The molecule has 0 atom stereocenters. The number of aryl methyl sites for hydroxylation is 2. The Kier molecular flexibility index (Phi) is 5.02. The van der Waals surface area contributed by atoms with Crippen molar-refractivity contribution in [2.75, 3.05) is 6.54 Å². The second kappa shape index (κ2) is 7.23. The number of halogens is 1. The molecule has 1 aliphatic rings. The summed E-state index contributed by atoms with van der Waals surface area (Å²) in [4.78, 5) is 37.1. The Morgan fingerprint density at radius 1 is 1.08 bits per heavy atom. The topological polar surface area (TPSA) is 59.4 Å². The molecule has 0 spiro atoms. The maximum atomic E-state index is 13.0. The Morgan fingerprint density at radius 3 is 2.31 bits per heavy atom. The number of hydrogen-bond donors (Lipinski definition) is 0. The van der Waals surface area contributed by atoms with Crippen LogP contribution in [-0.2, 0) is 22.6 Å². The molecule has 1 aliphatic heterocycles. The number of carbonyl (C=O) groups is 3. The molecule has 1 aromatic carbocycles. The maximum absolute atomic E-state index is 13.0. The summed E-state index contributed by atoms with van der Waals surface area (Å²) in [6, 6.07) is 8.17. The van der Waals surface area contributed by atoms with E-state index >= 15 is 0 Å². The van der Waals surface area contributed by atoms with Gasteiger partial charge in [-0.3, -0.25) is 19.3 Å². The van der Waals surface area contributed by atoms with Crippen LogP contribution < -0.4 is 0 Å². The number of aromatic nitrogens is 1. The van der Waals surface area contributed by atoms with E-state index in [4.69, 9.17) is 0 Å². The van der Waals surface area contributed by atoms with Crippen molar-refractivity contribution in [2.45, 2.75) is 39.7 Å². The molecule has 0 saturated carbocycles. The van der Waals surface area contributed by atoms with E-state index in [9.17, 15) is 18.8 Å². The zero-order valence-corrected chi connectivity index (χ0v) is 14.9. The van der Waals surface area contributed by atoms with Gasteiger partial charge in [0.25, 0.3) is 0 Å². The first kappa shape index (κ1) is 18.0. The summed E-state index contributed by atoms with van der Waals surface area (Å²) in [5.41, 5.74) is 3.30. The van der Waals surface area contributed by atoms with E-state index < -0.39 is 0 Å². The van der Waals surface area contributed by atoms with Gasteiger partial charge >= 0.3 is 0 Å². The Hall–Kier alpha value is -2.76. The lowest BCUT2D eigenvalue weighted by atomic mass is 10.1. The van der Waals surface area contributed by atoms with Crippen molar-refractivity contribution in [1.82, 2.24) is 9.47 Å². The number of benzene rings is 1. The van der Waals surface area contributed by atoms with Crippen molar-refractivity contribution in [1.29, 1.82) is 0 Å². The first-order chi connectivity index (χ1) is 12.4. The smallest absolute Gasteiger partial charge is 0.230 e. The van der Waals surface area contributed by atoms with Crippen LogP contribution in [0, 0.1) is 19.7 Å². The van der Waals surface area contributed by atoms with E-state index in [-0.39, 0.29) is 42.8 Å². The second-order valence-electron chi connectivity index (χ2n) is 6.61. The predicted molar refractivity (Wildman–Crippen MR) is 94.3 cm³/mol. The van der Waals surface area contributed by atoms with Crippen molar-refractivity contribution >= 4 is 17.6 Å². The highest BCUT2D eigenvalue weighted by atomic mass is 19.1. The summed E-state index contributed by atoms with van der Waals surface area (Å²) in [5, 5.41) is 0. The Balaban J connectivity index is 1.72. The molecule has 1 saturated heterocycles. The molecule has 6 heteroatoms. The van der Waals surface area contributed by atoms with E-state index in [0.29, 0.717) is 18.5 Å². The predicted octanol–water partition coefficient (Wildman–Crippen LogP) is 2.82. The zero-order valence-electron chi connectivity index (χ0n) is 14.9. The molecule has 1 fully saturated rings. The SMILES string of the molecule is Cc1cc(C(=O)CN2C(=O)CCC2=O)c(C)n1CCc1ccc(F)cc1. The van der Waals surface area contributed by atoms with E-state index in [0.717, 1.165) is 21.9 Å². The summed E-state index contributed by atoms with van der Waals surface area (Å²) < 4.78 is 15.0. The van der Waals surface area contributed by atoms with Crippen LogP contribution in [0.5, 0.6) is 0 Å². The molecule has 3 rings (SSSR count). The number of imide groups is 1. The van der Waals surface area contributed by atoms with Crippen LogP contribution in [0.2, 0.25) is 0 Å². The first-order valence-electron chi connectivity index (χ1n) is 8.64. The summed E-state index contributed by atoms with van der Waals surface area (Å²) in [6.45, 7) is 4.25. The third-order valence-corrected chi connectivity index (χ3v) is 4.87. The van der Waals surface area contributed by atoms with Gasteiger partial charge in [0.1, 0.15) is 5.82 Å². The van der Waals surface area contributed by atoms with Crippen molar-refractivity contribution in [3.63, 3.8) is 0 Å².